The molecule has 0 saturated carbocycles. The zero-order valence-electron chi connectivity index (χ0n) is 10.1. The highest BCUT2D eigenvalue weighted by Crippen LogP contribution is 2.15. The van der Waals surface area contributed by atoms with Crippen LogP contribution in [0.3, 0.4) is 0 Å². The van der Waals surface area contributed by atoms with Gasteiger partial charge in [0.25, 0.3) is 0 Å². The summed E-state index contributed by atoms with van der Waals surface area (Å²) in [6.45, 7) is 4.06. The van der Waals surface area contributed by atoms with E-state index in [4.69, 9.17) is 5.73 Å². The van der Waals surface area contributed by atoms with Crippen molar-refractivity contribution in [2.45, 2.75) is 26.7 Å². The minimum Gasteiger partial charge on any atom is -0.384 e. The van der Waals surface area contributed by atoms with Crippen molar-refractivity contribution in [3.8, 4) is 11.5 Å². The number of pyridine rings is 1. The van der Waals surface area contributed by atoms with E-state index in [-0.39, 0.29) is 0 Å². The minimum absolute atomic E-state index is 0.502. The first-order valence-electron chi connectivity index (χ1n) is 5.76. The van der Waals surface area contributed by atoms with Crippen LogP contribution in [0.1, 0.15) is 24.7 Å². The zero-order valence-corrected chi connectivity index (χ0v) is 10.1. The van der Waals surface area contributed by atoms with Crippen LogP contribution in [0, 0.1) is 6.92 Å². The Morgan fingerprint density at radius 3 is 2.71 bits per heavy atom. The first-order chi connectivity index (χ1) is 8.19. The van der Waals surface area contributed by atoms with Crippen LogP contribution in [-0.2, 0) is 6.42 Å². The van der Waals surface area contributed by atoms with E-state index >= 15 is 0 Å². The van der Waals surface area contributed by atoms with Gasteiger partial charge in [-0.25, -0.2) is 15.0 Å². The smallest absolute Gasteiger partial charge is 0.180 e. The maximum Gasteiger partial charge on any atom is 0.180 e. The fourth-order valence-corrected chi connectivity index (χ4v) is 1.68. The van der Waals surface area contributed by atoms with E-state index < -0.39 is 0 Å². The first-order valence-corrected chi connectivity index (χ1v) is 5.76. The molecule has 0 fully saturated rings. The fourth-order valence-electron chi connectivity index (χ4n) is 1.68. The number of aryl methyl sites for hydroxylation is 2. The monoisotopic (exact) mass is 228 g/mol. The molecule has 4 nitrogen and oxygen atoms in total. The molecule has 0 atom stereocenters. The van der Waals surface area contributed by atoms with Crippen molar-refractivity contribution in [2.24, 2.45) is 0 Å². The lowest BCUT2D eigenvalue weighted by molar-refractivity contribution is 0.875. The molecule has 0 saturated heterocycles. The molecular formula is C13H16N4. The van der Waals surface area contributed by atoms with Crippen LogP contribution < -0.4 is 5.73 Å². The van der Waals surface area contributed by atoms with E-state index in [1.54, 1.807) is 0 Å². The highest BCUT2D eigenvalue weighted by atomic mass is 15.0. The minimum atomic E-state index is 0.502. The molecule has 0 aliphatic rings. The number of hydrogen-bond donors (Lipinski definition) is 1. The van der Waals surface area contributed by atoms with Gasteiger partial charge in [-0.05, 0) is 25.5 Å². The van der Waals surface area contributed by atoms with Gasteiger partial charge in [-0.3, -0.25) is 0 Å². The number of nitrogen functional groups attached to an aromatic ring is 1. The summed E-state index contributed by atoms with van der Waals surface area (Å²) in [6, 6.07) is 7.62. The van der Waals surface area contributed by atoms with Crippen LogP contribution in [0.15, 0.2) is 24.3 Å². The Bertz CT molecular complexity index is 523. The Morgan fingerprint density at radius 1 is 1.18 bits per heavy atom. The van der Waals surface area contributed by atoms with Gasteiger partial charge in [0.2, 0.25) is 0 Å². The second-order valence-corrected chi connectivity index (χ2v) is 4.02. The molecule has 0 aliphatic carbocycles. The van der Waals surface area contributed by atoms with Gasteiger partial charge in [-0.2, -0.15) is 0 Å². The summed E-state index contributed by atoms with van der Waals surface area (Å²) in [5, 5.41) is 0. The molecular weight excluding hydrogens is 212 g/mol. The average molecular weight is 228 g/mol. The molecule has 0 aliphatic heterocycles. The summed E-state index contributed by atoms with van der Waals surface area (Å²) in [5.41, 5.74) is 8.48. The van der Waals surface area contributed by atoms with E-state index in [2.05, 4.69) is 21.9 Å². The molecule has 2 aromatic rings. The molecule has 17 heavy (non-hydrogen) atoms. The summed E-state index contributed by atoms with van der Waals surface area (Å²) >= 11 is 0. The number of rotatable bonds is 3. The summed E-state index contributed by atoms with van der Waals surface area (Å²) in [4.78, 5) is 13.1. The second-order valence-electron chi connectivity index (χ2n) is 4.02. The Morgan fingerprint density at radius 2 is 2.00 bits per heavy atom. The third-order valence-corrected chi connectivity index (χ3v) is 2.42. The summed E-state index contributed by atoms with van der Waals surface area (Å²) in [6.07, 6.45) is 1.95. The van der Waals surface area contributed by atoms with Gasteiger partial charge < -0.3 is 5.73 Å². The van der Waals surface area contributed by atoms with Crippen molar-refractivity contribution >= 4 is 5.82 Å². The third-order valence-electron chi connectivity index (χ3n) is 2.42. The van der Waals surface area contributed by atoms with Crippen LogP contribution in [0.5, 0.6) is 0 Å². The van der Waals surface area contributed by atoms with E-state index in [1.807, 2.05) is 31.2 Å². The molecule has 2 heterocycles. The van der Waals surface area contributed by atoms with E-state index in [9.17, 15) is 0 Å². The maximum absolute atomic E-state index is 5.79. The lowest BCUT2D eigenvalue weighted by Crippen LogP contribution is -2.01. The second kappa shape index (κ2) is 4.91. The molecule has 0 aromatic carbocycles. The van der Waals surface area contributed by atoms with Gasteiger partial charge in [0.05, 0.1) is 0 Å². The Kier molecular flexibility index (Phi) is 3.32. The zero-order chi connectivity index (χ0) is 12.3. The molecule has 88 valence electrons. The largest absolute Gasteiger partial charge is 0.384 e. The maximum atomic E-state index is 5.79. The van der Waals surface area contributed by atoms with E-state index in [0.29, 0.717) is 11.6 Å². The molecule has 2 aromatic heterocycles. The van der Waals surface area contributed by atoms with Crippen molar-refractivity contribution in [2.75, 3.05) is 5.73 Å². The van der Waals surface area contributed by atoms with E-state index in [1.165, 1.54) is 0 Å². The molecule has 0 amide bonds. The van der Waals surface area contributed by atoms with Crippen LogP contribution in [0.4, 0.5) is 5.82 Å². The van der Waals surface area contributed by atoms with Crippen LogP contribution >= 0.6 is 0 Å². The molecule has 0 spiro atoms. The number of anilines is 1. The Balaban J connectivity index is 2.44. The predicted molar refractivity (Wildman–Crippen MR) is 68.4 cm³/mol. The fraction of sp³-hybridized carbons (Fsp3) is 0.308. The molecule has 0 bridgehead atoms. The lowest BCUT2D eigenvalue weighted by atomic mass is 10.2. The molecule has 2 N–H and O–H groups in total. The van der Waals surface area contributed by atoms with Gasteiger partial charge in [-0.1, -0.05) is 19.4 Å². The van der Waals surface area contributed by atoms with Gasteiger partial charge >= 0.3 is 0 Å². The standard InChI is InChI=1S/C13H16N4/c1-3-5-10-8-12(14)17-13(16-10)11-7-4-6-9(2)15-11/h4,6-8H,3,5H2,1-2H3,(H2,14,16,17). The van der Waals surface area contributed by atoms with Crippen molar-refractivity contribution in [1.82, 2.24) is 15.0 Å². The van der Waals surface area contributed by atoms with Crippen LogP contribution in [0.2, 0.25) is 0 Å². The van der Waals surface area contributed by atoms with Crippen molar-refractivity contribution in [3.05, 3.63) is 35.7 Å². The highest BCUT2D eigenvalue weighted by molar-refractivity contribution is 5.52. The van der Waals surface area contributed by atoms with Gasteiger partial charge in [0.1, 0.15) is 11.5 Å². The summed E-state index contributed by atoms with van der Waals surface area (Å²) in [7, 11) is 0. The highest BCUT2D eigenvalue weighted by Gasteiger charge is 2.06. The summed E-state index contributed by atoms with van der Waals surface area (Å²) in [5.74, 6) is 1.11. The Labute approximate surface area is 101 Å². The van der Waals surface area contributed by atoms with Crippen LogP contribution in [0.25, 0.3) is 11.5 Å². The quantitative estimate of drug-likeness (QED) is 0.876. The number of nitrogens with two attached hydrogens (primary N) is 1. The lowest BCUT2D eigenvalue weighted by Gasteiger charge is -2.05. The summed E-state index contributed by atoms with van der Waals surface area (Å²) < 4.78 is 0. The van der Waals surface area contributed by atoms with Gasteiger partial charge in [0, 0.05) is 17.5 Å². The number of hydrogen-bond acceptors (Lipinski definition) is 4. The topological polar surface area (TPSA) is 64.7 Å². The molecule has 2 rings (SSSR count). The molecule has 0 unspecified atom stereocenters. The SMILES string of the molecule is CCCc1cc(N)nc(-c2cccc(C)n2)n1. The van der Waals surface area contributed by atoms with Crippen LogP contribution in [-0.4, -0.2) is 15.0 Å². The third kappa shape index (κ3) is 2.78. The predicted octanol–water partition coefficient (Wildman–Crippen LogP) is 2.38. The number of nitrogens with zero attached hydrogens (tertiary/aromatic N) is 3. The van der Waals surface area contributed by atoms with Crippen molar-refractivity contribution in [3.63, 3.8) is 0 Å². The van der Waals surface area contributed by atoms with Gasteiger partial charge in [0.15, 0.2) is 5.82 Å². The van der Waals surface area contributed by atoms with Crippen molar-refractivity contribution < 1.29 is 0 Å². The first kappa shape index (κ1) is 11.5. The molecule has 4 heteroatoms. The Hall–Kier alpha value is -1.97. The average Bonchev–Trinajstić information content (AvgIpc) is 2.28. The molecule has 0 radical (unpaired) electrons. The number of aromatic nitrogens is 3. The normalized spacial score (nSPS) is 10.5. The van der Waals surface area contributed by atoms with E-state index in [0.717, 1.165) is 29.9 Å². The van der Waals surface area contributed by atoms with Crippen molar-refractivity contribution in [1.29, 1.82) is 0 Å². The van der Waals surface area contributed by atoms with Gasteiger partial charge in [-0.15, -0.1) is 0 Å².